The molecular formula is C12H12N2O2S. The lowest BCUT2D eigenvalue weighted by Gasteiger charge is -2.15. The molecule has 0 spiro atoms. The van der Waals surface area contributed by atoms with Gasteiger partial charge >= 0.3 is 6.03 Å². The molecule has 3 rings (SSSR count). The number of amides is 3. The summed E-state index contributed by atoms with van der Waals surface area (Å²) >= 11 is 1.63. The first-order valence-electron chi connectivity index (χ1n) is 5.47. The smallest absolute Gasteiger partial charge is 0.302 e. The lowest BCUT2D eigenvalue weighted by atomic mass is 10.2. The molecule has 1 aromatic carbocycles. The number of anilines is 1. The lowest BCUT2D eigenvalue weighted by molar-refractivity contribution is -0.118. The van der Waals surface area contributed by atoms with E-state index in [9.17, 15) is 9.59 Å². The van der Waals surface area contributed by atoms with Crippen molar-refractivity contribution in [1.82, 2.24) is 4.90 Å². The quantitative estimate of drug-likeness (QED) is 0.712. The molecule has 2 aliphatic heterocycles. The fourth-order valence-electron chi connectivity index (χ4n) is 2.21. The number of imide groups is 1. The Morgan fingerprint density at radius 2 is 2.18 bits per heavy atom. The first-order valence-corrected chi connectivity index (χ1v) is 6.63. The number of benzene rings is 1. The van der Waals surface area contributed by atoms with Gasteiger partial charge in [0.05, 0.1) is 11.6 Å². The number of carbonyl (C=O) groups is 2. The van der Waals surface area contributed by atoms with E-state index in [0.29, 0.717) is 17.3 Å². The maximum Gasteiger partial charge on any atom is 0.332 e. The number of carbonyl (C=O) groups excluding carboxylic acids is 2. The highest BCUT2D eigenvalue weighted by Crippen LogP contribution is 2.32. The van der Waals surface area contributed by atoms with Crippen molar-refractivity contribution in [3.05, 3.63) is 29.8 Å². The van der Waals surface area contributed by atoms with Crippen LogP contribution in [0, 0.1) is 6.92 Å². The van der Waals surface area contributed by atoms with Crippen molar-refractivity contribution >= 4 is 29.4 Å². The summed E-state index contributed by atoms with van der Waals surface area (Å²) in [5.74, 6) is 1.25. The molecule has 0 radical (unpaired) electrons. The fraction of sp³-hybridized carbons (Fsp3) is 0.333. The number of hydrogen-bond acceptors (Lipinski definition) is 3. The minimum atomic E-state index is -0.256. The van der Waals surface area contributed by atoms with E-state index in [-0.39, 0.29) is 18.0 Å². The van der Waals surface area contributed by atoms with Crippen LogP contribution < -0.4 is 4.90 Å². The molecule has 1 atom stereocenters. The van der Waals surface area contributed by atoms with Gasteiger partial charge in [0.15, 0.2) is 0 Å². The van der Waals surface area contributed by atoms with Gasteiger partial charge in [-0.2, -0.15) is 0 Å². The van der Waals surface area contributed by atoms with Gasteiger partial charge in [-0.3, -0.25) is 4.79 Å². The Bertz CT molecular complexity index is 481. The van der Waals surface area contributed by atoms with E-state index in [1.165, 1.54) is 4.90 Å². The van der Waals surface area contributed by atoms with E-state index >= 15 is 0 Å². The summed E-state index contributed by atoms with van der Waals surface area (Å²) in [7, 11) is 0. The van der Waals surface area contributed by atoms with Crippen LogP contribution in [0.3, 0.4) is 0 Å². The Morgan fingerprint density at radius 3 is 2.88 bits per heavy atom. The number of aryl methyl sites for hydroxylation is 1. The molecule has 2 aliphatic rings. The SMILES string of the molecule is Cc1cccc(N2C(=O)[C@H]3CSCN3C2=O)c1. The van der Waals surface area contributed by atoms with Crippen LogP contribution >= 0.6 is 11.8 Å². The van der Waals surface area contributed by atoms with Crippen molar-refractivity contribution < 1.29 is 9.59 Å². The number of urea groups is 1. The van der Waals surface area contributed by atoms with Crippen LogP contribution in [0.1, 0.15) is 5.56 Å². The van der Waals surface area contributed by atoms with Gasteiger partial charge in [0, 0.05) is 5.75 Å². The van der Waals surface area contributed by atoms with Gasteiger partial charge in [-0.05, 0) is 24.6 Å². The monoisotopic (exact) mass is 248 g/mol. The summed E-state index contributed by atoms with van der Waals surface area (Å²) < 4.78 is 0. The second-order valence-corrected chi connectivity index (χ2v) is 5.28. The van der Waals surface area contributed by atoms with Crippen molar-refractivity contribution in [3.63, 3.8) is 0 Å². The Balaban J connectivity index is 1.99. The number of thioether (sulfide) groups is 1. The Kier molecular flexibility index (Phi) is 2.36. The number of hydrogen-bond donors (Lipinski definition) is 0. The molecule has 17 heavy (non-hydrogen) atoms. The highest BCUT2D eigenvalue weighted by molar-refractivity contribution is 7.99. The summed E-state index contributed by atoms with van der Waals surface area (Å²) in [5.41, 5.74) is 1.73. The normalized spacial score (nSPS) is 23.5. The van der Waals surface area contributed by atoms with Crippen LogP contribution in [-0.4, -0.2) is 34.5 Å². The summed E-state index contributed by atoms with van der Waals surface area (Å²) in [4.78, 5) is 27.2. The maximum absolute atomic E-state index is 12.2. The molecule has 2 fully saturated rings. The molecule has 5 heteroatoms. The zero-order valence-electron chi connectivity index (χ0n) is 9.42. The van der Waals surface area contributed by atoms with Crippen LogP contribution in [0.4, 0.5) is 10.5 Å². The van der Waals surface area contributed by atoms with Gasteiger partial charge in [-0.1, -0.05) is 12.1 Å². The molecule has 1 aromatic rings. The zero-order chi connectivity index (χ0) is 12.0. The van der Waals surface area contributed by atoms with Crippen molar-refractivity contribution in [2.45, 2.75) is 13.0 Å². The van der Waals surface area contributed by atoms with Crippen LogP contribution in [-0.2, 0) is 4.79 Å². The summed E-state index contributed by atoms with van der Waals surface area (Å²) in [6, 6.07) is 7.04. The van der Waals surface area contributed by atoms with Gasteiger partial charge in [-0.25, -0.2) is 9.69 Å². The second kappa shape index (κ2) is 3.77. The second-order valence-electron chi connectivity index (χ2n) is 4.28. The molecular weight excluding hydrogens is 236 g/mol. The average molecular weight is 248 g/mol. The highest BCUT2D eigenvalue weighted by atomic mass is 32.2. The topological polar surface area (TPSA) is 40.6 Å². The van der Waals surface area contributed by atoms with Gasteiger partial charge in [0.2, 0.25) is 0 Å². The van der Waals surface area contributed by atoms with E-state index in [0.717, 1.165) is 5.56 Å². The van der Waals surface area contributed by atoms with Gasteiger partial charge in [0.1, 0.15) is 6.04 Å². The van der Waals surface area contributed by atoms with Gasteiger partial charge < -0.3 is 4.90 Å². The standard InChI is InChI=1S/C12H12N2O2S/c1-8-3-2-4-9(5-8)14-11(15)10-6-17-7-13(10)12(14)16/h2-5,10H,6-7H2,1H3/t10-/m1/s1. The third-order valence-corrected chi connectivity index (χ3v) is 4.10. The largest absolute Gasteiger partial charge is 0.332 e. The summed E-state index contributed by atoms with van der Waals surface area (Å²) in [5, 5.41) is 0. The minimum absolute atomic E-state index is 0.0920. The molecule has 88 valence electrons. The van der Waals surface area contributed by atoms with Crippen molar-refractivity contribution in [2.24, 2.45) is 0 Å². The van der Waals surface area contributed by atoms with E-state index in [4.69, 9.17) is 0 Å². The summed E-state index contributed by atoms with van der Waals surface area (Å²) in [6.45, 7) is 1.95. The Morgan fingerprint density at radius 1 is 1.35 bits per heavy atom. The molecule has 4 nitrogen and oxygen atoms in total. The van der Waals surface area contributed by atoms with E-state index < -0.39 is 0 Å². The van der Waals surface area contributed by atoms with Crippen molar-refractivity contribution in [2.75, 3.05) is 16.5 Å². The predicted octanol–water partition coefficient (Wildman–Crippen LogP) is 1.84. The molecule has 2 heterocycles. The Hall–Kier alpha value is -1.49. The van der Waals surface area contributed by atoms with Crippen molar-refractivity contribution in [1.29, 1.82) is 0 Å². The van der Waals surface area contributed by atoms with Crippen LogP contribution in [0.2, 0.25) is 0 Å². The summed E-state index contributed by atoms with van der Waals surface area (Å²) in [6.07, 6.45) is 0. The van der Waals surface area contributed by atoms with Gasteiger partial charge in [-0.15, -0.1) is 11.8 Å². The number of rotatable bonds is 1. The van der Waals surface area contributed by atoms with E-state index in [1.54, 1.807) is 22.7 Å². The molecule has 0 saturated carbocycles. The predicted molar refractivity (Wildman–Crippen MR) is 67.0 cm³/mol. The van der Waals surface area contributed by atoms with Crippen molar-refractivity contribution in [3.8, 4) is 0 Å². The third-order valence-electron chi connectivity index (χ3n) is 3.08. The third kappa shape index (κ3) is 1.53. The number of nitrogens with zero attached hydrogens (tertiary/aromatic N) is 2. The zero-order valence-corrected chi connectivity index (χ0v) is 10.2. The van der Waals surface area contributed by atoms with E-state index in [1.807, 2.05) is 25.1 Å². The molecule has 0 N–H and O–H groups in total. The first kappa shape index (κ1) is 10.7. The van der Waals surface area contributed by atoms with Crippen LogP contribution in [0.15, 0.2) is 24.3 Å². The molecule has 0 aliphatic carbocycles. The molecule has 3 amide bonds. The molecule has 0 bridgehead atoms. The first-order chi connectivity index (χ1) is 8.18. The average Bonchev–Trinajstić information content (AvgIpc) is 2.84. The Labute approximate surface area is 104 Å². The molecule has 0 aromatic heterocycles. The number of fused-ring (bicyclic) bond motifs is 1. The van der Waals surface area contributed by atoms with Crippen LogP contribution in [0.5, 0.6) is 0 Å². The van der Waals surface area contributed by atoms with E-state index in [2.05, 4.69) is 0 Å². The maximum atomic E-state index is 12.2. The fourth-order valence-corrected chi connectivity index (χ4v) is 3.35. The molecule has 0 unspecified atom stereocenters. The minimum Gasteiger partial charge on any atom is -0.302 e. The lowest BCUT2D eigenvalue weighted by Crippen LogP contribution is -2.32. The highest BCUT2D eigenvalue weighted by Gasteiger charge is 2.48. The van der Waals surface area contributed by atoms with Gasteiger partial charge in [0.25, 0.3) is 5.91 Å². The molecule has 2 saturated heterocycles. The van der Waals surface area contributed by atoms with Crippen LogP contribution in [0.25, 0.3) is 0 Å².